The van der Waals surface area contributed by atoms with E-state index in [0.717, 1.165) is 25.1 Å². The number of nitrogens with zero attached hydrogens (tertiary/aromatic N) is 4. The molecular weight excluding hydrogens is 414 g/mol. The molecule has 0 bridgehead atoms. The van der Waals surface area contributed by atoms with E-state index in [9.17, 15) is 22.4 Å². The van der Waals surface area contributed by atoms with Crippen molar-refractivity contribution in [3.8, 4) is 0 Å². The van der Waals surface area contributed by atoms with Gasteiger partial charge in [0.15, 0.2) is 5.65 Å². The van der Waals surface area contributed by atoms with Crippen molar-refractivity contribution in [3.05, 3.63) is 59.8 Å². The predicted molar refractivity (Wildman–Crippen MR) is 106 cm³/mol. The Morgan fingerprint density at radius 2 is 2.03 bits per heavy atom. The third-order valence-corrected chi connectivity index (χ3v) is 5.59. The van der Waals surface area contributed by atoms with Crippen molar-refractivity contribution in [2.75, 3.05) is 18.4 Å². The van der Waals surface area contributed by atoms with Crippen LogP contribution in [0.15, 0.2) is 42.6 Å². The van der Waals surface area contributed by atoms with E-state index in [1.807, 2.05) is 4.90 Å². The lowest BCUT2D eigenvalue weighted by molar-refractivity contribution is -0.137. The van der Waals surface area contributed by atoms with Crippen LogP contribution in [-0.4, -0.2) is 44.5 Å². The minimum atomic E-state index is -4.46. The molecule has 1 fully saturated rings. The van der Waals surface area contributed by atoms with Crippen LogP contribution in [-0.2, 0) is 11.0 Å². The van der Waals surface area contributed by atoms with Crippen molar-refractivity contribution in [3.63, 3.8) is 0 Å². The lowest BCUT2D eigenvalue weighted by atomic mass is 9.96. The average Bonchev–Trinajstić information content (AvgIpc) is 3.16. The first-order valence-electron chi connectivity index (χ1n) is 9.95. The summed E-state index contributed by atoms with van der Waals surface area (Å²) in [4.78, 5) is 14.6. The lowest BCUT2D eigenvalue weighted by Gasteiger charge is -2.35. The van der Waals surface area contributed by atoms with Gasteiger partial charge in [-0.05, 0) is 56.6 Å². The maximum Gasteiger partial charge on any atom is 0.417 e. The van der Waals surface area contributed by atoms with Crippen LogP contribution in [0.4, 0.5) is 23.2 Å². The lowest BCUT2D eigenvalue weighted by Crippen LogP contribution is -2.46. The zero-order chi connectivity index (χ0) is 22.2. The van der Waals surface area contributed by atoms with Crippen LogP contribution in [0.25, 0.3) is 5.65 Å². The third kappa shape index (κ3) is 4.53. The Labute approximate surface area is 175 Å². The van der Waals surface area contributed by atoms with Gasteiger partial charge in [-0.2, -0.15) is 13.2 Å². The molecule has 4 rings (SSSR count). The number of pyridine rings is 1. The number of benzene rings is 1. The number of rotatable bonds is 4. The number of amides is 1. The number of carbonyl (C=O) groups excluding carboxylic acids is 1. The molecule has 1 aromatic carbocycles. The molecule has 0 saturated carbocycles. The fourth-order valence-corrected chi connectivity index (χ4v) is 3.90. The first-order chi connectivity index (χ1) is 14.7. The number of hydrogen-bond donors (Lipinski definition) is 1. The van der Waals surface area contributed by atoms with E-state index < -0.39 is 23.6 Å². The number of aromatic nitrogens is 3. The molecule has 6 nitrogen and oxygen atoms in total. The summed E-state index contributed by atoms with van der Waals surface area (Å²) >= 11 is 0. The number of anilines is 1. The van der Waals surface area contributed by atoms with Crippen LogP contribution in [0.3, 0.4) is 0 Å². The van der Waals surface area contributed by atoms with E-state index >= 15 is 0 Å². The van der Waals surface area contributed by atoms with Crippen molar-refractivity contribution in [2.24, 2.45) is 0 Å². The first kappa shape index (κ1) is 21.2. The van der Waals surface area contributed by atoms with E-state index in [2.05, 4.69) is 15.5 Å². The third-order valence-electron chi connectivity index (χ3n) is 5.59. The Balaban J connectivity index is 1.51. The molecule has 1 amide bonds. The zero-order valence-corrected chi connectivity index (χ0v) is 16.7. The Hall–Kier alpha value is -3.01. The van der Waals surface area contributed by atoms with Crippen LogP contribution in [0, 0.1) is 5.82 Å². The van der Waals surface area contributed by atoms with Crippen LogP contribution in [0.5, 0.6) is 0 Å². The molecule has 31 heavy (non-hydrogen) atoms. The number of nitrogens with one attached hydrogen (secondary N) is 1. The highest BCUT2D eigenvalue weighted by molar-refractivity contribution is 5.94. The molecule has 1 aliphatic heterocycles. The molecule has 164 valence electrons. The normalized spacial score (nSPS) is 18.8. The second kappa shape index (κ2) is 8.26. The molecule has 1 saturated heterocycles. The number of hydrogen-bond acceptors (Lipinski definition) is 4. The average molecular weight is 435 g/mol. The highest BCUT2D eigenvalue weighted by Gasteiger charge is 2.33. The van der Waals surface area contributed by atoms with Gasteiger partial charge in [0.25, 0.3) is 0 Å². The van der Waals surface area contributed by atoms with Gasteiger partial charge in [-0.1, -0.05) is 6.07 Å². The summed E-state index contributed by atoms with van der Waals surface area (Å²) in [6.07, 6.45) is -1.95. The quantitative estimate of drug-likeness (QED) is 0.627. The molecule has 3 aromatic rings. The molecule has 2 aromatic heterocycles. The van der Waals surface area contributed by atoms with Gasteiger partial charge < -0.3 is 5.32 Å². The van der Waals surface area contributed by atoms with E-state index in [-0.39, 0.29) is 11.8 Å². The summed E-state index contributed by atoms with van der Waals surface area (Å²) in [6, 6.07) is 7.43. The minimum Gasteiger partial charge on any atom is -0.325 e. The molecule has 10 heteroatoms. The first-order valence-corrected chi connectivity index (χ1v) is 9.95. The maximum absolute atomic E-state index is 13.4. The van der Waals surface area contributed by atoms with E-state index in [1.54, 1.807) is 13.0 Å². The molecule has 0 aliphatic carbocycles. The molecule has 3 heterocycles. The van der Waals surface area contributed by atoms with Crippen LogP contribution < -0.4 is 5.32 Å². The minimum absolute atomic E-state index is 0.170. The van der Waals surface area contributed by atoms with Gasteiger partial charge in [0.05, 0.1) is 11.6 Å². The predicted octanol–water partition coefficient (Wildman–Crippen LogP) is 4.09. The van der Waals surface area contributed by atoms with Crippen molar-refractivity contribution < 1.29 is 22.4 Å². The maximum atomic E-state index is 13.4. The van der Waals surface area contributed by atoms with Crippen LogP contribution >= 0.6 is 0 Å². The van der Waals surface area contributed by atoms with Crippen LogP contribution in [0.2, 0.25) is 0 Å². The van der Waals surface area contributed by atoms with Crippen molar-refractivity contribution >= 4 is 17.2 Å². The van der Waals surface area contributed by atoms with E-state index in [4.69, 9.17) is 0 Å². The summed E-state index contributed by atoms with van der Waals surface area (Å²) < 4.78 is 54.1. The zero-order valence-electron chi connectivity index (χ0n) is 16.7. The van der Waals surface area contributed by atoms with Gasteiger partial charge in [0.1, 0.15) is 11.6 Å². The Morgan fingerprint density at radius 3 is 2.77 bits per heavy atom. The molecule has 1 N–H and O–H groups in total. The number of likely N-dealkylation sites (tertiary alicyclic amines) is 1. The SMILES string of the molecule is CC(C(=O)Nc1cccc(F)c1)N1CCCC(c2nnc3ccc(C(F)(F)F)cn23)C1. The topological polar surface area (TPSA) is 62.5 Å². The van der Waals surface area contributed by atoms with Crippen molar-refractivity contribution in [1.29, 1.82) is 0 Å². The highest BCUT2D eigenvalue weighted by Crippen LogP contribution is 2.31. The fourth-order valence-electron chi connectivity index (χ4n) is 3.90. The monoisotopic (exact) mass is 435 g/mol. The van der Waals surface area contributed by atoms with Gasteiger partial charge in [0.2, 0.25) is 5.91 Å². The standard InChI is InChI=1S/C21H21F4N5O/c1-13(20(31)26-17-6-2-5-16(22)10-17)29-9-3-4-14(11-29)19-28-27-18-8-7-15(12-30(18)19)21(23,24)25/h2,5-8,10,12-14H,3-4,9,11H2,1H3,(H,26,31). The molecule has 0 spiro atoms. The molecule has 2 atom stereocenters. The Kier molecular flexibility index (Phi) is 5.65. The summed E-state index contributed by atoms with van der Waals surface area (Å²) in [5.74, 6) is -0.447. The summed E-state index contributed by atoms with van der Waals surface area (Å²) in [7, 11) is 0. The largest absolute Gasteiger partial charge is 0.417 e. The van der Waals surface area contributed by atoms with Crippen molar-refractivity contribution in [2.45, 2.75) is 37.9 Å². The second-order valence-corrected chi connectivity index (χ2v) is 7.71. The van der Waals surface area contributed by atoms with Crippen LogP contribution in [0.1, 0.15) is 37.1 Å². The molecule has 0 radical (unpaired) electrons. The number of halogens is 4. The fraction of sp³-hybridized carbons (Fsp3) is 0.381. The summed E-state index contributed by atoms with van der Waals surface area (Å²) in [6.45, 7) is 2.87. The highest BCUT2D eigenvalue weighted by atomic mass is 19.4. The smallest absolute Gasteiger partial charge is 0.325 e. The molecule has 2 unspecified atom stereocenters. The van der Waals surface area contributed by atoms with Gasteiger partial charge >= 0.3 is 6.18 Å². The second-order valence-electron chi connectivity index (χ2n) is 7.71. The Bertz CT molecular complexity index is 1100. The summed E-state index contributed by atoms with van der Waals surface area (Å²) in [5.41, 5.74) is -0.0536. The number of alkyl halides is 3. The molecular formula is C21H21F4N5O. The van der Waals surface area contributed by atoms with Gasteiger partial charge in [0, 0.05) is 24.3 Å². The van der Waals surface area contributed by atoms with Gasteiger partial charge in [-0.15, -0.1) is 10.2 Å². The van der Waals surface area contributed by atoms with E-state index in [0.29, 0.717) is 30.2 Å². The number of piperidine rings is 1. The van der Waals surface area contributed by atoms with Gasteiger partial charge in [-0.25, -0.2) is 4.39 Å². The van der Waals surface area contributed by atoms with Crippen molar-refractivity contribution in [1.82, 2.24) is 19.5 Å². The number of carbonyl (C=O) groups is 1. The Morgan fingerprint density at radius 1 is 1.23 bits per heavy atom. The molecule has 1 aliphatic rings. The van der Waals surface area contributed by atoms with Gasteiger partial charge in [-0.3, -0.25) is 14.1 Å². The summed E-state index contributed by atoms with van der Waals surface area (Å²) in [5, 5.41) is 10.8. The number of fused-ring (bicyclic) bond motifs is 1. The van der Waals surface area contributed by atoms with E-state index in [1.165, 1.54) is 28.7 Å².